The molecule has 0 rings (SSSR count). The van der Waals surface area contributed by atoms with E-state index in [0.29, 0.717) is 11.8 Å². The first-order valence-electron chi connectivity index (χ1n) is 3.18. The molecule has 0 aliphatic heterocycles. The van der Waals surface area contributed by atoms with Gasteiger partial charge in [0.1, 0.15) is 0 Å². The Bertz CT molecular complexity index is 86.7. The summed E-state index contributed by atoms with van der Waals surface area (Å²) in [6, 6.07) is 0. The lowest BCUT2D eigenvalue weighted by Crippen LogP contribution is -2.02. The van der Waals surface area contributed by atoms with E-state index in [9.17, 15) is 0 Å². The fourth-order valence-corrected chi connectivity index (χ4v) is 0.518. The fourth-order valence-electron chi connectivity index (χ4n) is 0.518. The van der Waals surface area contributed by atoms with E-state index in [1.807, 2.05) is 0 Å². The molecule has 0 aliphatic carbocycles. The Labute approximate surface area is 52.3 Å². The van der Waals surface area contributed by atoms with Gasteiger partial charge in [-0.2, -0.15) is 0 Å². The monoisotopic (exact) mass is 110 g/mol. The molecule has 0 saturated heterocycles. The van der Waals surface area contributed by atoms with Gasteiger partial charge in [0.15, 0.2) is 0 Å². The third kappa shape index (κ3) is 2.02. The highest BCUT2D eigenvalue weighted by Crippen LogP contribution is 2.11. The predicted octanol–water partition coefficient (Wildman–Crippen LogP) is 2.30. The number of rotatable bonds is 2. The van der Waals surface area contributed by atoms with Crippen LogP contribution in [-0.4, -0.2) is 0 Å². The van der Waals surface area contributed by atoms with Crippen molar-refractivity contribution in [3.8, 4) is 12.3 Å². The van der Waals surface area contributed by atoms with E-state index in [-0.39, 0.29) is 0 Å². The predicted molar refractivity (Wildman–Crippen MR) is 37.5 cm³/mol. The molecular formula is C8H14. The molecule has 2 atom stereocenters. The van der Waals surface area contributed by atoms with Crippen molar-refractivity contribution in [1.82, 2.24) is 0 Å². The van der Waals surface area contributed by atoms with Gasteiger partial charge in [0.25, 0.3) is 0 Å². The van der Waals surface area contributed by atoms with Crippen molar-refractivity contribution in [1.29, 1.82) is 0 Å². The Morgan fingerprint density at radius 3 is 2.12 bits per heavy atom. The molecule has 0 bridgehead atoms. The first kappa shape index (κ1) is 7.56. The van der Waals surface area contributed by atoms with Gasteiger partial charge < -0.3 is 0 Å². The van der Waals surface area contributed by atoms with Crippen molar-refractivity contribution < 1.29 is 0 Å². The van der Waals surface area contributed by atoms with E-state index in [4.69, 9.17) is 6.42 Å². The second-order valence-electron chi connectivity index (χ2n) is 2.34. The fraction of sp³-hybridized carbons (Fsp3) is 0.750. The van der Waals surface area contributed by atoms with Gasteiger partial charge in [-0.3, -0.25) is 0 Å². The number of hydrogen-bond acceptors (Lipinski definition) is 0. The van der Waals surface area contributed by atoms with Gasteiger partial charge in [-0.15, -0.1) is 12.3 Å². The van der Waals surface area contributed by atoms with Crippen LogP contribution >= 0.6 is 0 Å². The summed E-state index contributed by atoms with van der Waals surface area (Å²) < 4.78 is 0. The minimum absolute atomic E-state index is 0.444. The van der Waals surface area contributed by atoms with Gasteiger partial charge in [0, 0.05) is 5.92 Å². The lowest BCUT2D eigenvalue weighted by atomic mass is 9.95. The molecule has 0 heterocycles. The molecule has 0 nitrogen and oxygen atoms in total. The van der Waals surface area contributed by atoms with Gasteiger partial charge in [-0.1, -0.05) is 27.2 Å². The SMILES string of the molecule is C#C[C@@H](C)[C@@H](C)CC. The summed E-state index contributed by atoms with van der Waals surface area (Å²) in [6.07, 6.45) is 6.38. The molecule has 0 heteroatoms. The van der Waals surface area contributed by atoms with Crippen molar-refractivity contribution in [3.63, 3.8) is 0 Å². The van der Waals surface area contributed by atoms with Crippen molar-refractivity contribution in [2.24, 2.45) is 11.8 Å². The maximum Gasteiger partial charge on any atom is 0.0197 e. The molecule has 0 aromatic rings. The Morgan fingerprint density at radius 1 is 1.50 bits per heavy atom. The average Bonchev–Trinajstić information content (AvgIpc) is 1.84. The van der Waals surface area contributed by atoms with Crippen LogP contribution in [0.4, 0.5) is 0 Å². The summed E-state index contributed by atoms with van der Waals surface area (Å²) in [7, 11) is 0. The molecule has 0 spiro atoms. The summed E-state index contributed by atoms with van der Waals surface area (Å²) in [5.41, 5.74) is 0. The van der Waals surface area contributed by atoms with Crippen LogP contribution in [0.2, 0.25) is 0 Å². The van der Waals surface area contributed by atoms with E-state index < -0.39 is 0 Å². The lowest BCUT2D eigenvalue weighted by Gasteiger charge is -2.09. The minimum atomic E-state index is 0.444. The summed E-state index contributed by atoms with van der Waals surface area (Å²) >= 11 is 0. The van der Waals surface area contributed by atoms with Crippen LogP contribution in [0.3, 0.4) is 0 Å². The summed E-state index contributed by atoms with van der Waals surface area (Å²) in [5, 5.41) is 0. The van der Waals surface area contributed by atoms with E-state index >= 15 is 0 Å². The van der Waals surface area contributed by atoms with Gasteiger partial charge in [-0.25, -0.2) is 0 Å². The zero-order valence-corrected chi connectivity index (χ0v) is 5.94. The highest BCUT2D eigenvalue weighted by Gasteiger charge is 2.04. The maximum atomic E-state index is 5.20. The van der Waals surface area contributed by atoms with E-state index in [0.717, 1.165) is 0 Å². The van der Waals surface area contributed by atoms with Crippen LogP contribution in [0.1, 0.15) is 27.2 Å². The summed E-state index contributed by atoms with van der Waals surface area (Å²) in [5.74, 6) is 3.84. The van der Waals surface area contributed by atoms with Crippen LogP contribution in [-0.2, 0) is 0 Å². The molecule has 0 aliphatic rings. The first-order valence-corrected chi connectivity index (χ1v) is 3.18. The topological polar surface area (TPSA) is 0 Å². The van der Waals surface area contributed by atoms with Crippen LogP contribution in [0, 0.1) is 24.2 Å². The van der Waals surface area contributed by atoms with E-state index in [2.05, 4.69) is 26.7 Å². The molecule has 0 aromatic heterocycles. The second kappa shape index (κ2) is 3.55. The Morgan fingerprint density at radius 2 is 2.00 bits per heavy atom. The molecule has 0 amide bonds. The smallest absolute Gasteiger partial charge is 0.0197 e. The van der Waals surface area contributed by atoms with Gasteiger partial charge >= 0.3 is 0 Å². The molecule has 0 aromatic carbocycles. The van der Waals surface area contributed by atoms with E-state index in [1.165, 1.54) is 6.42 Å². The van der Waals surface area contributed by atoms with Gasteiger partial charge in [0.05, 0.1) is 0 Å². The summed E-state index contributed by atoms with van der Waals surface area (Å²) in [4.78, 5) is 0. The van der Waals surface area contributed by atoms with Crippen LogP contribution in [0.25, 0.3) is 0 Å². The molecule has 0 fully saturated rings. The number of terminal acetylenes is 1. The Balaban J connectivity index is 3.49. The van der Waals surface area contributed by atoms with Gasteiger partial charge in [-0.05, 0) is 5.92 Å². The Kier molecular flexibility index (Phi) is 3.35. The minimum Gasteiger partial charge on any atom is -0.120 e. The molecule has 0 unspecified atom stereocenters. The van der Waals surface area contributed by atoms with Crippen molar-refractivity contribution >= 4 is 0 Å². The molecular weight excluding hydrogens is 96.1 g/mol. The second-order valence-corrected chi connectivity index (χ2v) is 2.34. The lowest BCUT2D eigenvalue weighted by molar-refractivity contribution is 0.459. The van der Waals surface area contributed by atoms with Crippen molar-refractivity contribution in [2.75, 3.05) is 0 Å². The molecule has 0 saturated carbocycles. The molecule has 46 valence electrons. The molecule has 8 heavy (non-hydrogen) atoms. The summed E-state index contributed by atoms with van der Waals surface area (Å²) in [6.45, 7) is 6.44. The molecule has 0 N–H and O–H groups in total. The van der Waals surface area contributed by atoms with Gasteiger partial charge in [0.2, 0.25) is 0 Å². The van der Waals surface area contributed by atoms with Crippen LogP contribution < -0.4 is 0 Å². The highest BCUT2D eigenvalue weighted by atomic mass is 14.1. The Hall–Kier alpha value is -0.440. The first-order chi connectivity index (χ1) is 3.72. The highest BCUT2D eigenvalue weighted by molar-refractivity contribution is 4.92. The van der Waals surface area contributed by atoms with Crippen LogP contribution in [0.15, 0.2) is 0 Å². The largest absolute Gasteiger partial charge is 0.120 e. The quantitative estimate of drug-likeness (QED) is 0.478. The molecule has 0 radical (unpaired) electrons. The third-order valence-electron chi connectivity index (χ3n) is 1.76. The normalized spacial score (nSPS) is 16.8. The van der Waals surface area contributed by atoms with E-state index in [1.54, 1.807) is 0 Å². The van der Waals surface area contributed by atoms with Crippen molar-refractivity contribution in [3.05, 3.63) is 0 Å². The zero-order valence-electron chi connectivity index (χ0n) is 5.94. The standard InChI is InChI=1S/C8H14/c1-5-7(3)8(4)6-2/h1,7-8H,6H2,2-4H3/t7-,8+/m1/s1. The third-order valence-corrected chi connectivity index (χ3v) is 1.76. The average molecular weight is 110 g/mol. The number of hydrogen-bond donors (Lipinski definition) is 0. The maximum absolute atomic E-state index is 5.20. The van der Waals surface area contributed by atoms with Crippen LogP contribution in [0.5, 0.6) is 0 Å². The zero-order chi connectivity index (χ0) is 6.57. The van der Waals surface area contributed by atoms with Crippen molar-refractivity contribution in [2.45, 2.75) is 27.2 Å².